The van der Waals surface area contributed by atoms with Gasteiger partial charge in [-0.2, -0.15) is 15.5 Å². The first kappa shape index (κ1) is 21.2. The average molecular weight is 469 g/mol. The smallest absolute Gasteiger partial charge is 0.407 e. The van der Waals surface area contributed by atoms with Gasteiger partial charge in [-0.05, 0) is 37.5 Å². The van der Waals surface area contributed by atoms with Crippen molar-refractivity contribution >= 4 is 17.4 Å². The van der Waals surface area contributed by atoms with E-state index in [2.05, 4.69) is 21.2 Å². The number of aryl methyl sites for hydroxylation is 1. The van der Waals surface area contributed by atoms with Crippen LogP contribution < -0.4 is 4.90 Å². The van der Waals surface area contributed by atoms with E-state index in [1.165, 1.54) is 0 Å². The van der Waals surface area contributed by atoms with Crippen LogP contribution >= 0.6 is 0 Å². The first-order valence-electron chi connectivity index (χ1n) is 11.6. The van der Waals surface area contributed by atoms with Crippen molar-refractivity contribution in [2.24, 2.45) is 7.05 Å². The van der Waals surface area contributed by atoms with E-state index in [1.807, 2.05) is 43.8 Å². The number of nitrogens with zero attached hydrogens (tertiary/aromatic N) is 8. The van der Waals surface area contributed by atoms with Gasteiger partial charge in [0.1, 0.15) is 11.9 Å². The van der Waals surface area contributed by atoms with Crippen molar-refractivity contribution in [2.45, 2.75) is 24.8 Å². The Kier molecular flexibility index (Phi) is 4.74. The molecule has 4 aromatic heterocycles. The Morgan fingerprint density at radius 1 is 1.09 bits per heavy atom. The molecule has 0 saturated carbocycles. The molecule has 2 saturated heterocycles. The molecule has 0 bridgehead atoms. The molecule has 10 heteroatoms. The van der Waals surface area contributed by atoms with Crippen molar-refractivity contribution in [3.63, 3.8) is 0 Å². The van der Waals surface area contributed by atoms with E-state index in [1.54, 1.807) is 26.5 Å². The number of carboxylic acid groups (broad SMARTS) is 1. The maximum absolute atomic E-state index is 11.7. The van der Waals surface area contributed by atoms with Gasteiger partial charge < -0.3 is 10.0 Å². The molecule has 6 heterocycles. The highest BCUT2D eigenvalue weighted by Crippen LogP contribution is 2.39. The van der Waals surface area contributed by atoms with E-state index in [4.69, 9.17) is 4.98 Å². The van der Waals surface area contributed by atoms with E-state index >= 15 is 0 Å². The predicted octanol–water partition coefficient (Wildman–Crippen LogP) is 3.39. The van der Waals surface area contributed by atoms with Crippen LogP contribution in [0.3, 0.4) is 0 Å². The number of likely N-dealkylation sites (tertiary alicyclic amines) is 1. The highest BCUT2D eigenvalue weighted by Gasteiger charge is 2.51. The Morgan fingerprint density at radius 3 is 2.63 bits per heavy atom. The normalized spacial score (nSPS) is 16.9. The molecule has 2 aliphatic heterocycles. The molecule has 0 aliphatic carbocycles. The Hall–Kier alpha value is -4.39. The Balaban J connectivity index is 1.33. The summed E-state index contributed by atoms with van der Waals surface area (Å²) in [4.78, 5) is 20.2. The second kappa shape index (κ2) is 7.84. The van der Waals surface area contributed by atoms with E-state index < -0.39 is 6.09 Å². The average Bonchev–Trinajstić information content (AvgIpc) is 3.48. The summed E-state index contributed by atoms with van der Waals surface area (Å²) < 4.78 is 3.48. The van der Waals surface area contributed by atoms with Crippen molar-refractivity contribution in [3.8, 4) is 28.3 Å². The first-order chi connectivity index (χ1) is 17.0. The lowest BCUT2D eigenvalue weighted by atomic mass is 9.80. The van der Waals surface area contributed by atoms with Crippen LogP contribution in [-0.4, -0.2) is 65.7 Å². The zero-order valence-electron chi connectivity index (χ0n) is 19.3. The second-order valence-electron chi connectivity index (χ2n) is 9.39. The molecule has 4 aromatic rings. The van der Waals surface area contributed by atoms with Crippen LogP contribution in [-0.2, 0) is 7.05 Å². The zero-order chi connectivity index (χ0) is 24.2. The van der Waals surface area contributed by atoms with Gasteiger partial charge in [0.25, 0.3) is 0 Å². The van der Waals surface area contributed by atoms with Gasteiger partial charge in [-0.1, -0.05) is 0 Å². The summed E-state index contributed by atoms with van der Waals surface area (Å²) in [6.45, 7) is 1.92. The summed E-state index contributed by atoms with van der Waals surface area (Å²) in [6.07, 6.45) is 11.1. The number of piperidine rings is 1. The van der Waals surface area contributed by atoms with Crippen molar-refractivity contribution in [1.82, 2.24) is 29.3 Å². The fourth-order valence-electron chi connectivity index (χ4n) is 5.43. The Bertz CT molecular complexity index is 1470. The highest BCUT2D eigenvalue weighted by molar-refractivity contribution is 5.87. The van der Waals surface area contributed by atoms with Crippen LogP contribution in [0.25, 0.3) is 27.8 Å². The minimum absolute atomic E-state index is 0.298. The molecule has 0 radical (unpaired) electrons. The number of hydrogen-bond donors (Lipinski definition) is 1. The molecular weight excluding hydrogens is 444 g/mol. The van der Waals surface area contributed by atoms with Gasteiger partial charge in [0, 0.05) is 67.5 Å². The van der Waals surface area contributed by atoms with Gasteiger partial charge in [0.05, 0.1) is 29.0 Å². The number of hydrogen-bond acceptors (Lipinski definition) is 6. The molecule has 0 atom stereocenters. The third kappa shape index (κ3) is 3.39. The van der Waals surface area contributed by atoms with Crippen LogP contribution in [0.2, 0.25) is 0 Å². The molecule has 35 heavy (non-hydrogen) atoms. The summed E-state index contributed by atoms with van der Waals surface area (Å²) in [6, 6.07) is 8.24. The van der Waals surface area contributed by atoms with Crippen molar-refractivity contribution in [2.75, 3.05) is 24.5 Å². The number of nitriles is 1. The molecule has 1 amide bonds. The molecule has 6 rings (SSSR count). The standard InChI is InChI=1S/C25H24N8O2/c1-30-13-20(12-28-30)18-8-21(23-19(9-26)11-29-33(23)14-18)17-4-5-22(27-10-17)31-15-25(16-31)6-2-3-7-32(25)24(34)35/h4-5,8,10-14H,2-3,6-7,15-16H2,1H3,(H,34,35). The largest absolute Gasteiger partial charge is 0.465 e. The van der Waals surface area contributed by atoms with E-state index in [0.29, 0.717) is 25.2 Å². The second-order valence-corrected chi connectivity index (χ2v) is 9.39. The lowest BCUT2D eigenvalue weighted by Gasteiger charge is -2.57. The van der Waals surface area contributed by atoms with Crippen molar-refractivity contribution in [1.29, 1.82) is 5.26 Å². The lowest BCUT2D eigenvalue weighted by Crippen LogP contribution is -2.72. The summed E-state index contributed by atoms with van der Waals surface area (Å²) in [5, 5.41) is 27.9. The molecule has 2 fully saturated rings. The molecule has 2 aliphatic rings. The number of pyridine rings is 2. The minimum atomic E-state index is -0.834. The summed E-state index contributed by atoms with van der Waals surface area (Å²) in [5.41, 5.74) is 4.57. The number of aromatic nitrogens is 5. The summed E-state index contributed by atoms with van der Waals surface area (Å²) in [5.74, 6) is 0.823. The van der Waals surface area contributed by atoms with E-state index in [0.717, 1.165) is 52.9 Å². The molecule has 0 unspecified atom stereocenters. The van der Waals surface area contributed by atoms with Gasteiger partial charge >= 0.3 is 6.09 Å². The van der Waals surface area contributed by atoms with Crippen LogP contribution in [0.15, 0.2) is 49.2 Å². The minimum Gasteiger partial charge on any atom is -0.465 e. The van der Waals surface area contributed by atoms with E-state index in [9.17, 15) is 15.2 Å². The third-order valence-electron chi connectivity index (χ3n) is 7.20. The van der Waals surface area contributed by atoms with Crippen LogP contribution in [0.4, 0.5) is 10.6 Å². The number of anilines is 1. The number of amides is 1. The summed E-state index contributed by atoms with van der Waals surface area (Å²) in [7, 11) is 1.87. The fourth-order valence-corrected chi connectivity index (χ4v) is 5.43. The molecule has 1 N–H and O–H groups in total. The van der Waals surface area contributed by atoms with E-state index in [-0.39, 0.29) is 5.54 Å². The topological polar surface area (TPSA) is 116 Å². The number of carbonyl (C=O) groups is 1. The van der Waals surface area contributed by atoms with Gasteiger partial charge in [-0.3, -0.25) is 9.58 Å². The van der Waals surface area contributed by atoms with Gasteiger partial charge in [-0.25, -0.2) is 14.3 Å². The summed E-state index contributed by atoms with van der Waals surface area (Å²) >= 11 is 0. The lowest BCUT2D eigenvalue weighted by molar-refractivity contribution is 0.0280. The predicted molar refractivity (Wildman–Crippen MR) is 129 cm³/mol. The molecule has 1 spiro atoms. The highest BCUT2D eigenvalue weighted by atomic mass is 16.4. The quantitative estimate of drug-likeness (QED) is 0.490. The Morgan fingerprint density at radius 2 is 1.94 bits per heavy atom. The van der Waals surface area contributed by atoms with Gasteiger partial charge in [0.15, 0.2) is 0 Å². The molecular formula is C25H24N8O2. The number of fused-ring (bicyclic) bond motifs is 1. The molecule has 0 aromatic carbocycles. The third-order valence-corrected chi connectivity index (χ3v) is 7.20. The van der Waals surface area contributed by atoms with Crippen molar-refractivity contribution < 1.29 is 9.90 Å². The van der Waals surface area contributed by atoms with Crippen LogP contribution in [0.5, 0.6) is 0 Å². The maximum Gasteiger partial charge on any atom is 0.407 e. The van der Waals surface area contributed by atoms with Crippen molar-refractivity contribution in [3.05, 3.63) is 54.7 Å². The number of rotatable bonds is 3. The monoisotopic (exact) mass is 468 g/mol. The maximum atomic E-state index is 11.7. The fraction of sp³-hybridized carbons (Fsp3) is 0.320. The SMILES string of the molecule is Cn1cc(-c2cc(-c3ccc(N4CC5(CCCCN5C(=O)O)C4)nc3)c3c(C#N)cnn3c2)cn1. The van der Waals surface area contributed by atoms with Crippen LogP contribution in [0, 0.1) is 11.3 Å². The van der Waals surface area contributed by atoms with Crippen LogP contribution in [0.1, 0.15) is 24.8 Å². The Labute approximate surface area is 201 Å². The first-order valence-corrected chi connectivity index (χ1v) is 11.6. The van der Waals surface area contributed by atoms with Gasteiger partial charge in [0.2, 0.25) is 0 Å². The van der Waals surface area contributed by atoms with Gasteiger partial charge in [-0.15, -0.1) is 0 Å². The molecule has 176 valence electrons. The zero-order valence-corrected chi connectivity index (χ0v) is 19.3. The molecule has 10 nitrogen and oxygen atoms in total.